The zero-order valence-electron chi connectivity index (χ0n) is 9.99. The normalized spacial score (nSPS) is 23.0. The van der Waals surface area contributed by atoms with Gasteiger partial charge in [0.2, 0.25) is 0 Å². The van der Waals surface area contributed by atoms with Crippen LogP contribution in [0.15, 0.2) is 24.3 Å². The Balaban J connectivity index is 2.18. The van der Waals surface area contributed by atoms with E-state index >= 15 is 0 Å². The third kappa shape index (κ3) is 2.45. The number of ether oxygens (including phenoxy) is 1. The number of hydrogen-bond donors (Lipinski definition) is 1. The average Bonchev–Trinajstić information content (AvgIpc) is 2.34. The van der Waals surface area contributed by atoms with E-state index in [2.05, 4.69) is 31.2 Å². The summed E-state index contributed by atoms with van der Waals surface area (Å²) in [4.78, 5) is 0. The van der Waals surface area contributed by atoms with Gasteiger partial charge in [0.25, 0.3) is 0 Å². The monoisotopic (exact) mass is 219 g/mol. The van der Waals surface area contributed by atoms with Gasteiger partial charge in [0.1, 0.15) is 0 Å². The largest absolute Gasteiger partial charge is 0.378 e. The molecule has 1 saturated heterocycles. The molecule has 2 atom stereocenters. The van der Waals surface area contributed by atoms with Crippen LogP contribution in [0.5, 0.6) is 0 Å². The highest BCUT2D eigenvalue weighted by Gasteiger charge is 2.25. The minimum Gasteiger partial charge on any atom is -0.378 e. The van der Waals surface area contributed by atoms with E-state index in [-0.39, 0.29) is 0 Å². The van der Waals surface area contributed by atoms with E-state index in [0.29, 0.717) is 18.6 Å². The first-order valence-electron chi connectivity index (χ1n) is 6.20. The summed E-state index contributed by atoms with van der Waals surface area (Å²) in [5.74, 6) is 0.362. The number of aryl methyl sites for hydroxylation is 1. The van der Waals surface area contributed by atoms with Gasteiger partial charge in [-0.3, -0.25) is 0 Å². The van der Waals surface area contributed by atoms with Gasteiger partial charge in [-0.2, -0.15) is 0 Å². The molecule has 16 heavy (non-hydrogen) atoms. The van der Waals surface area contributed by atoms with Gasteiger partial charge in [0.15, 0.2) is 0 Å². The number of hydrogen-bond acceptors (Lipinski definition) is 2. The molecule has 0 radical (unpaired) electrons. The maximum atomic E-state index is 5.92. The number of rotatable bonds is 3. The fourth-order valence-electron chi connectivity index (χ4n) is 2.56. The van der Waals surface area contributed by atoms with Crippen LogP contribution in [0.2, 0.25) is 0 Å². The van der Waals surface area contributed by atoms with Crippen LogP contribution in [0.3, 0.4) is 0 Å². The van der Waals surface area contributed by atoms with Gasteiger partial charge in [-0.05, 0) is 37.3 Å². The SMILES string of the molecule is Cc1ccccc1C(CN)C1CCCCO1. The Labute approximate surface area is 97.8 Å². The molecule has 2 rings (SSSR count). The summed E-state index contributed by atoms with van der Waals surface area (Å²) in [6.45, 7) is 3.73. The van der Waals surface area contributed by atoms with Crippen molar-refractivity contribution >= 4 is 0 Å². The maximum absolute atomic E-state index is 5.92. The predicted octanol–water partition coefficient (Wildman–Crippen LogP) is 2.61. The van der Waals surface area contributed by atoms with Crippen molar-refractivity contribution in [3.05, 3.63) is 35.4 Å². The predicted molar refractivity (Wildman–Crippen MR) is 66.6 cm³/mol. The van der Waals surface area contributed by atoms with Crippen molar-refractivity contribution in [1.29, 1.82) is 0 Å². The third-order valence-corrected chi connectivity index (χ3v) is 3.51. The van der Waals surface area contributed by atoms with Crippen LogP contribution in [0.4, 0.5) is 0 Å². The molecule has 1 heterocycles. The second-order valence-electron chi connectivity index (χ2n) is 4.60. The molecular weight excluding hydrogens is 198 g/mol. The van der Waals surface area contributed by atoms with Crippen LogP contribution in [0, 0.1) is 6.92 Å². The zero-order chi connectivity index (χ0) is 11.4. The third-order valence-electron chi connectivity index (χ3n) is 3.51. The van der Waals surface area contributed by atoms with E-state index in [9.17, 15) is 0 Å². The minimum atomic E-state index is 0.319. The lowest BCUT2D eigenvalue weighted by Crippen LogP contribution is -2.31. The van der Waals surface area contributed by atoms with Crippen molar-refractivity contribution in [2.45, 2.75) is 38.2 Å². The van der Waals surface area contributed by atoms with Gasteiger partial charge in [-0.25, -0.2) is 0 Å². The Bertz CT molecular complexity index is 331. The summed E-state index contributed by atoms with van der Waals surface area (Å²) >= 11 is 0. The Morgan fingerprint density at radius 3 is 2.81 bits per heavy atom. The number of nitrogens with two attached hydrogens (primary N) is 1. The molecule has 1 aliphatic heterocycles. The van der Waals surface area contributed by atoms with Crippen LogP contribution >= 0.6 is 0 Å². The standard InChI is InChI=1S/C14H21NO/c1-11-6-2-3-7-12(11)13(10-15)14-8-4-5-9-16-14/h2-3,6-7,13-14H,4-5,8-10,15H2,1H3. The molecule has 1 aromatic carbocycles. The fourth-order valence-corrected chi connectivity index (χ4v) is 2.56. The smallest absolute Gasteiger partial charge is 0.0655 e. The summed E-state index contributed by atoms with van der Waals surface area (Å²) in [6, 6.07) is 8.51. The highest BCUT2D eigenvalue weighted by molar-refractivity contribution is 5.30. The maximum Gasteiger partial charge on any atom is 0.0655 e. The lowest BCUT2D eigenvalue weighted by atomic mass is 9.87. The highest BCUT2D eigenvalue weighted by Crippen LogP contribution is 2.29. The van der Waals surface area contributed by atoms with Crippen molar-refractivity contribution in [2.24, 2.45) is 5.73 Å². The van der Waals surface area contributed by atoms with E-state index < -0.39 is 0 Å². The molecule has 2 heteroatoms. The Kier molecular flexibility index (Phi) is 3.97. The first-order valence-corrected chi connectivity index (χ1v) is 6.20. The topological polar surface area (TPSA) is 35.2 Å². The van der Waals surface area contributed by atoms with Crippen molar-refractivity contribution in [3.63, 3.8) is 0 Å². The Morgan fingerprint density at radius 2 is 2.19 bits per heavy atom. The quantitative estimate of drug-likeness (QED) is 0.848. The summed E-state index contributed by atoms with van der Waals surface area (Å²) in [6.07, 6.45) is 3.94. The summed E-state index contributed by atoms with van der Waals surface area (Å²) in [5.41, 5.74) is 8.61. The Hall–Kier alpha value is -0.860. The van der Waals surface area contributed by atoms with Crippen LogP contribution in [0.25, 0.3) is 0 Å². The van der Waals surface area contributed by atoms with E-state index in [0.717, 1.165) is 13.0 Å². The van der Waals surface area contributed by atoms with Crippen molar-refractivity contribution in [3.8, 4) is 0 Å². The molecule has 0 bridgehead atoms. The molecule has 1 fully saturated rings. The molecule has 0 spiro atoms. The average molecular weight is 219 g/mol. The molecule has 88 valence electrons. The molecule has 0 amide bonds. The van der Waals surface area contributed by atoms with Gasteiger partial charge in [0.05, 0.1) is 6.10 Å². The van der Waals surface area contributed by atoms with E-state index in [1.54, 1.807) is 0 Å². The second kappa shape index (κ2) is 5.46. The Morgan fingerprint density at radius 1 is 1.38 bits per heavy atom. The van der Waals surface area contributed by atoms with Crippen LogP contribution < -0.4 is 5.73 Å². The lowest BCUT2D eigenvalue weighted by Gasteiger charge is -2.30. The summed E-state index contributed by atoms with van der Waals surface area (Å²) in [7, 11) is 0. The molecule has 2 unspecified atom stereocenters. The molecule has 0 saturated carbocycles. The van der Waals surface area contributed by atoms with E-state index in [1.807, 2.05) is 0 Å². The van der Waals surface area contributed by atoms with Crippen molar-refractivity contribution in [1.82, 2.24) is 0 Å². The lowest BCUT2D eigenvalue weighted by molar-refractivity contribution is 0.000468. The molecule has 0 aromatic heterocycles. The van der Waals surface area contributed by atoms with E-state index in [1.165, 1.54) is 24.0 Å². The van der Waals surface area contributed by atoms with Gasteiger partial charge in [-0.1, -0.05) is 24.3 Å². The fraction of sp³-hybridized carbons (Fsp3) is 0.571. The van der Waals surface area contributed by atoms with Crippen molar-refractivity contribution in [2.75, 3.05) is 13.2 Å². The van der Waals surface area contributed by atoms with Crippen molar-refractivity contribution < 1.29 is 4.74 Å². The second-order valence-corrected chi connectivity index (χ2v) is 4.60. The summed E-state index contributed by atoms with van der Waals surface area (Å²) < 4.78 is 5.86. The summed E-state index contributed by atoms with van der Waals surface area (Å²) in [5, 5.41) is 0. The highest BCUT2D eigenvalue weighted by atomic mass is 16.5. The first kappa shape index (κ1) is 11.6. The molecule has 1 aliphatic rings. The van der Waals surface area contributed by atoms with Gasteiger partial charge in [-0.15, -0.1) is 0 Å². The molecule has 2 nitrogen and oxygen atoms in total. The molecule has 2 N–H and O–H groups in total. The van der Waals surface area contributed by atoms with Crippen LogP contribution in [-0.2, 0) is 4.74 Å². The van der Waals surface area contributed by atoms with Gasteiger partial charge < -0.3 is 10.5 Å². The van der Waals surface area contributed by atoms with Crippen LogP contribution in [0.1, 0.15) is 36.3 Å². The number of benzene rings is 1. The van der Waals surface area contributed by atoms with Crippen LogP contribution in [-0.4, -0.2) is 19.3 Å². The molecule has 0 aliphatic carbocycles. The first-order chi connectivity index (χ1) is 7.83. The minimum absolute atomic E-state index is 0.319. The van der Waals surface area contributed by atoms with E-state index in [4.69, 9.17) is 10.5 Å². The molecular formula is C14H21NO. The zero-order valence-corrected chi connectivity index (χ0v) is 9.99. The molecule has 1 aromatic rings. The van der Waals surface area contributed by atoms with Gasteiger partial charge in [0, 0.05) is 19.1 Å². The van der Waals surface area contributed by atoms with Gasteiger partial charge >= 0.3 is 0 Å².